The third kappa shape index (κ3) is 2.18. The standard InChI is InChI=1S/C15H20N4O/c1-16-9-11-7-8-19(10-11)15(20)14-12-5-3-4-6-13(12)18(2)17-14/h3-6,11,16H,7-10H2,1-2H3. The maximum Gasteiger partial charge on any atom is 0.275 e. The second-order valence-corrected chi connectivity index (χ2v) is 5.45. The first-order valence-corrected chi connectivity index (χ1v) is 7.06. The molecule has 1 unspecified atom stereocenters. The summed E-state index contributed by atoms with van der Waals surface area (Å²) in [6.07, 6.45) is 1.07. The lowest BCUT2D eigenvalue weighted by Gasteiger charge is -2.15. The summed E-state index contributed by atoms with van der Waals surface area (Å²) in [7, 11) is 3.84. The van der Waals surface area contributed by atoms with Crippen LogP contribution in [0.4, 0.5) is 0 Å². The zero-order valence-electron chi connectivity index (χ0n) is 12.0. The zero-order valence-corrected chi connectivity index (χ0v) is 12.0. The summed E-state index contributed by atoms with van der Waals surface area (Å²) in [5.41, 5.74) is 1.58. The Morgan fingerprint density at radius 3 is 3.05 bits per heavy atom. The minimum atomic E-state index is 0.0559. The highest BCUT2D eigenvalue weighted by molar-refractivity contribution is 6.04. The van der Waals surface area contributed by atoms with Crippen LogP contribution in [0.1, 0.15) is 16.9 Å². The molecule has 1 atom stereocenters. The Hall–Kier alpha value is -1.88. The molecule has 3 rings (SSSR count). The molecule has 20 heavy (non-hydrogen) atoms. The smallest absolute Gasteiger partial charge is 0.275 e. The van der Waals surface area contributed by atoms with E-state index in [0.717, 1.165) is 37.0 Å². The highest BCUT2D eigenvalue weighted by Crippen LogP contribution is 2.22. The van der Waals surface area contributed by atoms with Crippen LogP contribution in [-0.2, 0) is 7.05 Å². The van der Waals surface area contributed by atoms with Crippen molar-refractivity contribution >= 4 is 16.8 Å². The molecule has 0 saturated carbocycles. The van der Waals surface area contributed by atoms with Gasteiger partial charge in [0.05, 0.1) is 5.52 Å². The molecule has 0 radical (unpaired) electrons. The first-order valence-electron chi connectivity index (χ1n) is 7.06. The van der Waals surface area contributed by atoms with Gasteiger partial charge in [-0.3, -0.25) is 9.48 Å². The molecule has 106 valence electrons. The summed E-state index contributed by atoms with van der Waals surface area (Å²) in [5, 5.41) is 8.54. The number of amides is 1. The van der Waals surface area contributed by atoms with E-state index in [9.17, 15) is 4.79 Å². The summed E-state index contributed by atoms with van der Waals surface area (Å²) in [6, 6.07) is 7.88. The van der Waals surface area contributed by atoms with E-state index in [2.05, 4.69) is 10.4 Å². The molecular formula is C15H20N4O. The van der Waals surface area contributed by atoms with Crippen molar-refractivity contribution in [3.63, 3.8) is 0 Å². The Morgan fingerprint density at radius 1 is 1.45 bits per heavy atom. The lowest BCUT2D eigenvalue weighted by molar-refractivity contribution is 0.0782. The molecule has 1 fully saturated rings. The number of nitrogens with one attached hydrogen (secondary N) is 1. The lowest BCUT2D eigenvalue weighted by atomic mass is 10.1. The van der Waals surface area contributed by atoms with Crippen LogP contribution in [0, 0.1) is 5.92 Å². The van der Waals surface area contributed by atoms with Crippen LogP contribution in [0.25, 0.3) is 10.9 Å². The minimum absolute atomic E-state index is 0.0559. The van der Waals surface area contributed by atoms with Crippen molar-refractivity contribution in [3.05, 3.63) is 30.0 Å². The topological polar surface area (TPSA) is 50.2 Å². The molecule has 1 aliphatic rings. The largest absolute Gasteiger partial charge is 0.337 e. The highest BCUT2D eigenvalue weighted by atomic mass is 16.2. The number of hydrogen-bond donors (Lipinski definition) is 1. The fraction of sp³-hybridized carbons (Fsp3) is 0.467. The van der Waals surface area contributed by atoms with E-state index in [1.807, 2.05) is 43.3 Å². The number of benzene rings is 1. The van der Waals surface area contributed by atoms with Crippen LogP contribution >= 0.6 is 0 Å². The summed E-state index contributed by atoms with van der Waals surface area (Å²) >= 11 is 0. The number of fused-ring (bicyclic) bond motifs is 1. The third-order valence-electron chi connectivity index (χ3n) is 4.03. The molecule has 1 amide bonds. The van der Waals surface area contributed by atoms with Gasteiger partial charge in [-0.1, -0.05) is 18.2 Å². The summed E-state index contributed by atoms with van der Waals surface area (Å²) in [6.45, 7) is 2.62. The Morgan fingerprint density at radius 2 is 2.25 bits per heavy atom. The number of aromatic nitrogens is 2. The fourth-order valence-corrected chi connectivity index (χ4v) is 2.99. The third-order valence-corrected chi connectivity index (χ3v) is 4.03. The molecule has 1 aromatic heterocycles. The predicted molar refractivity (Wildman–Crippen MR) is 78.7 cm³/mol. The quantitative estimate of drug-likeness (QED) is 0.915. The molecule has 0 aliphatic carbocycles. The number of carbonyl (C=O) groups is 1. The van der Waals surface area contributed by atoms with E-state index in [0.29, 0.717) is 11.6 Å². The lowest BCUT2D eigenvalue weighted by Crippen LogP contribution is -2.30. The Balaban J connectivity index is 1.86. The van der Waals surface area contributed by atoms with Crippen molar-refractivity contribution in [1.82, 2.24) is 20.0 Å². The summed E-state index contributed by atoms with van der Waals surface area (Å²) in [4.78, 5) is 14.6. The average Bonchev–Trinajstić information content (AvgIpc) is 3.05. The molecular weight excluding hydrogens is 252 g/mol. The van der Waals surface area contributed by atoms with Crippen molar-refractivity contribution in [1.29, 1.82) is 0 Å². The molecule has 1 saturated heterocycles. The molecule has 1 N–H and O–H groups in total. The van der Waals surface area contributed by atoms with Crippen molar-refractivity contribution in [3.8, 4) is 0 Å². The van der Waals surface area contributed by atoms with Gasteiger partial charge in [-0.2, -0.15) is 5.10 Å². The van der Waals surface area contributed by atoms with Crippen LogP contribution in [0.5, 0.6) is 0 Å². The van der Waals surface area contributed by atoms with Crippen LogP contribution < -0.4 is 5.32 Å². The first-order chi connectivity index (χ1) is 9.70. The fourth-order valence-electron chi connectivity index (χ4n) is 2.99. The van der Waals surface area contributed by atoms with E-state index < -0.39 is 0 Å². The van der Waals surface area contributed by atoms with Crippen LogP contribution in [0.2, 0.25) is 0 Å². The molecule has 5 nitrogen and oxygen atoms in total. The molecule has 2 aromatic rings. The second-order valence-electron chi connectivity index (χ2n) is 5.45. The molecule has 1 aromatic carbocycles. The number of nitrogens with zero attached hydrogens (tertiary/aromatic N) is 3. The first kappa shape index (κ1) is 13.1. The molecule has 0 bridgehead atoms. The highest BCUT2D eigenvalue weighted by Gasteiger charge is 2.29. The van der Waals surface area contributed by atoms with Crippen molar-refractivity contribution < 1.29 is 4.79 Å². The van der Waals surface area contributed by atoms with Gasteiger partial charge >= 0.3 is 0 Å². The second kappa shape index (κ2) is 5.25. The molecule has 5 heteroatoms. The van der Waals surface area contributed by atoms with E-state index in [1.54, 1.807) is 4.68 Å². The predicted octanol–water partition coefficient (Wildman–Crippen LogP) is 1.25. The number of aryl methyl sites for hydroxylation is 1. The van der Waals surface area contributed by atoms with Crippen molar-refractivity contribution in [2.75, 3.05) is 26.7 Å². The van der Waals surface area contributed by atoms with Crippen LogP contribution in [0.15, 0.2) is 24.3 Å². The maximum absolute atomic E-state index is 12.7. The number of likely N-dealkylation sites (tertiary alicyclic amines) is 1. The molecule has 0 spiro atoms. The zero-order chi connectivity index (χ0) is 14.1. The molecule has 2 heterocycles. The number of para-hydroxylation sites is 1. The van der Waals surface area contributed by atoms with Gasteiger partial charge in [0.2, 0.25) is 0 Å². The van der Waals surface area contributed by atoms with Crippen LogP contribution in [-0.4, -0.2) is 47.3 Å². The van der Waals surface area contributed by atoms with E-state index >= 15 is 0 Å². The van der Waals surface area contributed by atoms with Crippen molar-refractivity contribution in [2.45, 2.75) is 6.42 Å². The van der Waals surface area contributed by atoms with Gasteiger partial charge in [-0.05, 0) is 32.0 Å². The maximum atomic E-state index is 12.7. The van der Waals surface area contributed by atoms with Gasteiger partial charge in [0.15, 0.2) is 5.69 Å². The van der Waals surface area contributed by atoms with Gasteiger partial charge < -0.3 is 10.2 Å². The van der Waals surface area contributed by atoms with Crippen LogP contribution in [0.3, 0.4) is 0 Å². The van der Waals surface area contributed by atoms with Gasteiger partial charge in [-0.25, -0.2) is 0 Å². The van der Waals surface area contributed by atoms with Crippen molar-refractivity contribution in [2.24, 2.45) is 13.0 Å². The Bertz CT molecular complexity index is 634. The van der Waals surface area contributed by atoms with Gasteiger partial charge in [0.25, 0.3) is 5.91 Å². The SMILES string of the molecule is CNCC1CCN(C(=O)c2nn(C)c3ccccc23)C1. The Labute approximate surface area is 118 Å². The van der Waals surface area contributed by atoms with E-state index in [1.165, 1.54) is 0 Å². The van der Waals surface area contributed by atoms with Gasteiger partial charge in [0, 0.05) is 25.5 Å². The number of hydrogen-bond acceptors (Lipinski definition) is 3. The number of carbonyl (C=O) groups excluding carboxylic acids is 1. The average molecular weight is 272 g/mol. The summed E-state index contributed by atoms with van der Waals surface area (Å²) < 4.78 is 1.78. The van der Waals surface area contributed by atoms with Gasteiger partial charge in [0.1, 0.15) is 0 Å². The van der Waals surface area contributed by atoms with E-state index in [4.69, 9.17) is 0 Å². The minimum Gasteiger partial charge on any atom is -0.337 e. The number of rotatable bonds is 3. The van der Waals surface area contributed by atoms with E-state index in [-0.39, 0.29) is 5.91 Å². The normalized spacial score (nSPS) is 18.9. The van der Waals surface area contributed by atoms with Gasteiger partial charge in [-0.15, -0.1) is 0 Å². The summed E-state index contributed by atoms with van der Waals surface area (Å²) in [5.74, 6) is 0.610. The Kier molecular flexibility index (Phi) is 3.44. The monoisotopic (exact) mass is 272 g/mol. The molecule has 1 aliphatic heterocycles.